The molecule has 172 valence electrons. The first-order chi connectivity index (χ1) is 16.0. The predicted molar refractivity (Wildman–Crippen MR) is 133 cm³/mol. The van der Waals surface area contributed by atoms with Gasteiger partial charge in [-0.25, -0.2) is 5.43 Å². The molecule has 1 amide bonds. The number of amides is 1. The van der Waals surface area contributed by atoms with E-state index >= 15 is 0 Å². The molecule has 0 aromatic heterocycles. The minimum atomic E-state index is -0.0500. The van der Waals surface area contributed by atoms with Crippen molar-refractivity contribution in [3.63, 3.8) is 0 Å². The van der Waals surface area contributed by atoms with Crippen LogP contribution in [0.15, 0.2) is 60.0 Å². The van der Waals surface area contributed by atoms with E-state index < -0.39 is 0 Å². The van der Waals surface area contributed by atoms with Crippen molar-refractivity contribution < 1.29 is 4.79 Å². The molecular weight excluding hydrogens is 456 g/mol. The van der Waals surface area contributed by atoms with E-state index in [9.17, 15) is 4.79 Å². The second kappa shape index (κ2) is 9.29. The topological polar surface area (TPSA) is 72.0 Å². The highest BCUT2D eigenvalue weighted by molar-refractivity contribution is 8.14. The maximum atomic E-state index is 12.4. The zero-order chi connectivity index (χ0) is 22.9. The second-order valence-electron chi connectivity index (χ2n) is 8.57. The smallest absolute Gasteiger partial charge is 0.230 e. The lowest BCUT2D eigenvalue weighted by Crippen LogP contribution is -2.54. The molecule has 7 nitrogen and oxygen atoms in total. The first-order valence-corrected chi connectivity index (χ1v) is 12.4. The van der Waals surface area contributed by atoms with Crippen molar-refractivity contribution in [3.8, 4) is 0 Å². The van der Waals surface area contributed by atoms with Crippen molar-refractivity contribution in [2.45, 2.75) is 45.1 Å². The summed E-state index contributed by atoms with van der Waals surface area (Å²) in [4.78, 5) is 14.5. The molecule has 3 aliphatic heterocycles. The van der Waals surface area contributed by atoms with E-state index in [0.29, 0.717) is 17.3 Å². The van der Waals surface area contributed by atoms with Gasteiger partial charge in [-0.15, -0.1) is 0 Å². The van der Waals surface area contributed by atoms with Crippen LogP contribution >= 0.6 is 23.4 Å². The van der Waals surface area contributed by atoms with Gasteiger partial charge in [0.1, 0.15) is 6.17 Å². The van der Waals surface area contributed by atoms with Crippen molar-refractivity contribution >= 4 is 34.4 Å². The number of halogens is 1. The van der Waals surface area contributed by atoms with Crippen LogP contribution in [0.1, 0.15) is 34.7 Å². The Morgan fingerprint density at radius 1 is 1.21 bits per heavy atom. The number of thioether (sulfide) groups is 1. The van der Waals surface area contributed by atoms with Gasteiger partial charge in [0.05, 0.1) is 17.8 Å². The van der Waals surface area contributed by atoms with Gasteiger partial charge in [-0.3, -0.25) is 10.2 Å². The molecular formula is C24H27ClN6OS. The largest absolute Gasteiger partial charge is 0.351 e. The van der Waals surface area contributed by atoms with Crippen molar-refractivity contribution in [1.82, 2.24) is 26.1 Å². The Morgan fingerprint density at radius 2 is 2.06 bits per heavy atom. The third-order valence-corrected chi connectivity index (χ3v) is 7.74. The number of carbonyl (C=O) groups is 1. The highest BCUT2D eigenvalue weighted by atomic mass is 35.5. The third-order valence-electron chi connectivity index (χ3n) is 6.40. The number of benzene rings is 2. The molecule has 2 aromatic carbocycles. The Kier molecular flexibility index (Phi) is 6.23. The number of hydrazine groups is 1. The third kappa shape index (κ3) is 4.55. The van der Waals surface area contributed by atoms with E-state index in [-0.39, 0.29) is 24.2 Å². The van der Waals surface area contributed by atoms with Crippen LogP contribution < -0.4 is 16.2 Å². The van der Waals surface area contributed by atoms with Crippen LogP contribution in [0.25, 0.3) is 0 Å². The summed E-state index contributed by atoms with van der Waals surface area (Å²) >= 11 is 7.60. The maximum absolute atomic E-state index is 12.4. The fraction of sp³-hybridized carbons (Fsp3) is 0.333. The standard InChI is InChI=1S/C24H27ClN6OS/c1-15-7-8-17(11-16(15)2)20-12-21-23-27-28-24(30(23)9-10-31(21)29-20)33-14-22(32)26-13-18-5-3-4-6-19(18)25/h3-11,20-21,23,27,29H,12-14H2,1-2H3,(H,26,32). The van der Waals surface area contributed by atoms with Gasteiger partial charge in [0.15, 0.2) is 5.17 Å². The van der Waals surface area contributed by atoms with Crippen LogP contribution in [-0.4, -0.2) is 38.9 Å². The van der Waals surface area contributed by atoms with E-state index in [1.807, 2.05) is 30.5 Å². The Balaban J connectivity index is 1.16. The normalized spacial score (nSPS) is 23.1. The number of aryl methyl sites for hydroxylation is 2. The average Bonchev–Trinajstić information content (AvgIpc) is 3.43. The molecule has 3 unspecified atom stereocenters. The number of nitrogens with zero attached hydrogens (tertiary/aromatic N) is 3. The molecule has 9 heteroatoms. The van der Waals surface area contributed by atoms with Crippen molar-refractivity contribution in [3.05, 3.63) is 82.1 Å². The first-order valence-electron chi connectivity index (χ1n) is 11.0. The molecule has 3 N–H and O–H groups in total. The summed E-state index contributed by atoms with van der Waals surface area (Å²) in [5, 5.41) is 11.1. The monoisotopic (exact) mass is 482 g/mol. The highest BCUT2D eigenvalue weighted by Gasteiger charge is 2.44. The van der Waals surface area contributed by atoms with Crippen LogP contribution in [0, 0.1) is 13.8 Å². The lowest BCUT2D eigenvalue weighted by molar-refractivity contribution is -0.118. The summed E-state index contributed by atoms with van der Waals surface area (Å²) in [5.41, 5.74) is 11.7. The van der Waals surface area contributed by atoms with Gasteiger partial charge in [-0.2, -0.15) is 5.10 Å². The number of amidine groups is 1. The van der Waals surface area contributed by atoms with Crippen LogP contribution in [0.2, 0.25) is 5.02 Å². The van der Waals surface area contributed by atoms with Crippen molar-refractivity contribution in [2.24, 2.45) is 5.10 Å². The second-order valence-corrected chi connectivity index (χ2v) is 9.92. The van der Waals surface area contributed by atoms with E-state index in [4.69, 9.17) is 11.6 Å². The Morgan fingerprint density at radius 3 is 2.88 bits per heavy atom. The minimum absolute atomic E-state index is 0.0349. The van der Waals surface area contributed by atoms with Gasteiger partial charge in [0.2, 0.25) is 5.91 Å². The Bertz CT molecular complexity index is 1120. The Hall–Kier alpha value is -2.68. The van der Waals surface area contributed by atoms with Gasteiger partial charge in [0.25, 0.3) is 0 Å². The number of fused-ring (bicyclic) bond motifs is 3. The molecule has 33 heavy (non-hydrogen) atoms. The lowest BCUT2D eigenvalue weighted by Gasteiger charge is -2.36. The molecule has 1 saturated heterocycles. The summed E-state index contributed by atoms with van der Waals surface area (Å²) in [7, 11) is 0. The molecule has 1 fully saturated rings. The molecule has 3 atom stereocenters. The summed E-state index contributed by atoms with van der Waals surface area (Å²) < 4.78 is 0. The number of hydrogen-bond acceptors (Lipinski definition) is 7. The van der Waals surface area contributed by atoms with Gasteiger partial charge in [-0.05, 0) is 48.6 Å². The zero-order valence-electron chi connectivity index (χ0n) is 18.6. The van der Waals surface area contributed by atoms with Gasteiger partial charge in [0, 0.05) is 24.0 Å². The highest BCUT2D eigenvalue weighted by Crippen LogP contribution is 2.35. The molecule has 2 aromatic rings. The van der Waals surface area contributed by atoms with Crippen LogP contribution in [-0.2, 0) is 11.3 Å². The zero-order valence-corrected chi connectivity index (χ0v) is 20.2. The van der Waals surface area contributed by atoms with E-state index in [0.717, 1.165) is 17.2 Å². The number of nitrogens with one attached hydrogen (secondary N) is 3. The summed E-state index contributed by atoms with van der Waals surface area (Å²) in [5.74, 6) is 0.242. The number of rotatable bonds is 5. The number of hydrogen-bond donors (Lipinski definition) is 3. The van der Waals surface area contributed by atoms with Gasteiger partial charge < -0.3 is 15.2 Å². The fourth-order valence-corrected chi connectivity index (χ4v) is 5.37. The molecule has 0 spiro atoms. The maximum Gasteiger partial charge on any atom is 0.230 e. The van der Waals surface area contributed by atoms with E-state index in [1.54, 1.807) is 0 Å². The summed E-state index contributed by atoms with van der Waals surface area (Å²) in [6, 6.07) is 14.7. The Labute approximate surface area is 203 Å². The average molecular weight is 483 g/mol. The molecule has 3 aliphatic rings. The molecule has 0 aliphatic carbocycles. The van der Waals surface area contributed by atoms with Gasteiger partial charge >= 0.3 is 0 Å². The molecule has 0 bridgehead atoms. The number of carbonyl (C=O) groups excluding carboxylic acids is 1. The predicted octanol–water partition coefficient (Wildman–Crippen LogP) is 3.61. The quantitative estimate of drug-likeness (QED) is 0.604. The first kappa shape index (κ1) is 22.1. The summed E-state index contributed by atoms with van der Waals surface area (Å²) in [6.07, 6.45) is 5.08. The summed E-state index contributed by atoms with van der Waals surface area (Å²) in [6.45, 7) is 4.71. The minimum Gasteiger partial charge on any atom is -0.351 e. The van der Waals surface area contributed by atoms with Crippen LogP contribution in [0.4, 0.5) is 0 Å². The molecule has 0 saturated carbocycles. The van der Waals surface area contributed by atoms with Gasteiger partial charge in [-0.1, -0.05) is 59.8 Å². The molecule has 3 heterocycles. The lowest BCUT2D eigenvalue weighted by atomic mass is 9.97. The number of hydrazone groups is 1. The van der Waals surface area contributed by atoms with E-state index in [2.05, 4.69) is 69.4 Å². The van der Waals surface area contributed by atoms with Crippen molar-refractivity contribution in [1.29, 1.82) is 0 Å². The van der Waals surface area contributed by atoms with E-state index in [1.165, 1.54) is 28.5 Å². The van der Waals surface area contributed by atoms with Crippen LogP contribution in [0.3, 0.4) is 0 Å². The van der Waals surface area contributed by atoms with Crippen LogP contribution in [0.5, 0.6) is 0 Å². The SMILES string of the molecule is Cc1ccc(C2CC3C4NN=C(SCC(=O)NCc5ccccc5Cl)N4C=CN3N2)cc1C. The van der Waals surface area contributed by atoms with Crippen molar-refractivity contribution in [2.75, 3.05) is 5.75 Å². The molecule has 5 rings (SSSR count). The fourth-order valence-electron chi connectivity index (χ4n) is 4.37. The molecule has 0 radical (unpaired) electrons.